The van der Waals surface area contributed by atoms with Gasteiger partial charge in [0, 0.05) is 32.6 Å². The van der Waals surface area contributed by atoms with Crippen LogP contribution in [0.1, 0.15) is 56.5 Å². The number of nitrogens with zero attached hydrogens (tertiary/aromatic N) is 3. The van der Waals surface area contributed by atoms with E-state index in [-0.39, 0.29) is 5.78 Å². The van der Waals surface area contributed by atoms with Gasteiger partial charge in [-0.05, 0) is 37.3 Å². The molecule has 2 aromatic rings. The molecule has 1 aliphatic carbocycles. The minimum atomic E-state index is -0.0458. The molecule has 172 valence electrons. The van der Waals surface area contributed by atoms with Crippen LogP contribution in [-0.2, 0) is 4.74 Å². The van der Waals surface area contributed by atoms with Gasteiger partial charge in [0.1, 0.15) is 11.3 Å². The number of ether oxygens (including phenoxy) is 1. The van der Waals surface area contributed by atoms with E-state index >= 15 is 0 Å². The largest absolute Gasteiger partial charge is 0.447 e. The van der Waals surface area contributed by atoms with Crippen molar-refractivity contribution in [2.24, 2.45) is 5.92 Å². The monoisotopic (exact) mass is 439 g/mol. The number of furan rings is 1. The van der Waals surface area contributed by atoms with Crippen LogP contribution in [-0.4, -0.2) is 49.1 Å². The first-order valence-corrected chi connectivity index (χ1v) is 11.6. The number of carbonyl (C=O) groups is 1. The van der Waals surface area contributed by atoms with Crippen LogP contribution < -0.4 is 15.5 Å². The molecule has 3 heterocycles. The fraction of sp³-hybridized carbons (Fsp3) is 0.542. The molecule has 1 saturated carbocycles. The van der Waals surface area contributed by atoms with Gasteiger partial charge in [-0.2, -0.15) is 4.98 Å². The Hall–Kier alpha value is -2.87. The minimum Gasteiger partial charge on any atom is -0.447 e. The molecule has 4 rings (SSSR count). The number of hydrogen-bond donors (Lipinski definition) is 2. The van der Waals surface area contributed by atoms with Crippen LogP contribution in [0.25, 0.3) is 11.1 Å². The first-order chi connectivity index (χ1) is 15.6. The summed E-state index contributed by atoms with van der Waals surface area (Å²) >= 11 is 0. The molecular weight excluding hydrogens is 406 g/mol. The Morgan fingerprint density at radius 1 is 1.25 bits per heavy atom. The van der Waals surface area contributed by atoms with Crippen LogP contribution in [0.3, 0.4) is 0 Å². The number of morpholine rings is 1. The molecule has 1 aliphatic heterocycles. The van der Waals surface area contributed by atoms with Crippen LogP contribution in [0, 0.1) is 5.92 Å². The minimum absolute atomic E-state index is 0.0458. The number of hydrogen-bond acceptors (Lipinski definition) is 8. The summed E-state index contributed by atoms with van der Waals surface area (Å²) in [6.45, 7) is 6.59. The van der Waals surface area contributed by atoms with E-state index in [0.717, 1.165) is 5.82 Å². The van der Waals surface area contributed by atoms with Crippen molar-refractivity contribution < 1.29 is 13.9 Å². The molecule has 32 heavy (non-hydrogen) atoms. The van der Waals surface area contributed by atoms with Gasteiger partial charge in [0.15, 0.2) is 22.9 Å². The van der Waals surface area contributed by atoms with Crippen molar-refractivity contribution in [3.8, 4) is 0 Å². The van der Waals surface area contributed by atoms with Crippen molar-refractivity contribution in [2.75, 3.05) is 43.6 Å². The molecule has 2 aliphatic rings. The quantitative estimate of drug-likeness (QED) is 0.466. The second kappa shape index (κ2) is 10.2. The van der Waals surface area contributed by atoms with Crippen LogP contribution in [0.2, 0.25) is 0 Å². The number of anilines is 2. The molecule has 0 spiro atoms. The molecule has 2 aromatic heterocycles. The molecule has 0 unspecified atom stereocenters. The van der Waals surface area contributed by atoms with Crippen molar-refractivity contribution in [2.45, 2.75) is 46.0 Å². The highest BCUT2D eigenvalue weighted by Gasteiger charge is 2.23. The molecule has 0 aromatic carbocycles. The van der Waals surface area contributed by atoms with Crippen LogP contribution in [0.15, 0.2) is 34.0 Å². The van der Waals surface area contributed by atoms with Gasteiger partial charge in [-0.25, -0.2) is 4.98 Å². The fourth-order valence-corrected chi connectivity index (χ4v) is 4.43. The Bertz CT molecular complexity index is 1010. The van der Waals surface area contributed by atoms with Gasteiger partial charge < -0.3 is 24.7 Å². The molecule has 2 fully saturated rings. The predicted octanol–water partition coefficient (Wildman–Crippen LogP) is 4.26. The number of carbonyl (C=O) groups excluding carboxylic acids is 1. The zero-order chi connectivity index (χ0) is 22.5. The molecular formula is C24H33N5O3. The molecule has 0 radical (unpaired) electrons. The van der Waals surface area contributed by atoms with E-state index in [2.05, 4.69) is 39.6 Å². The number of nitrogens with one attached hydrogen (secondary N) is 2. The zero-order valence-corrected chi connectivity index (χ0v) is 19.2. The van der Waals surface area contributed by atoms with E-state index in [0.29, 0.717) is 67.3 Å². The number of fused-ring (bicyclic) bond motifs is 1. The standard InChI is InChI=1S/C24H33N5O3/c1-4-16(17-8-6-7-9-17)14-21(25-3)27-24-26-18-15-20(19(30)5-2)32-22(18)23(28-24)29-10-12-31-13-11-29/h4,14-15,17,25H,5-13H2,1-3H3,(H,26,27,28)/b16-4+,21-14+. The topological polar surface area (TPSA) is 92.5 Å². The van der Waals surface area contributed by atoms with E-state index in [1.165, 1.54) is 31.3 Å². The number of rotatable bonds is 8. The SMILES string of the molecule is C/C=C(\C=C(/NC)Nc1nc(N2CCOCC2)c2oc(C(=O)CC)cc2n1)C1CCCC1. The highest BCUT2D eigenvalue weighted by atomic mass is 16.5. The van der Waals surface area contributed by atoms with E-state index in [1.807, 2.05) is 14.0 Å². The Morgan fingerprint density at radius 2 is 2.00 bits per heavy atom. The first-order valence-electron chi connectivity index (χ1n) is 11.6. The average Bonchev–Trinajstić information content (AvgIpc) is 3.51. The van der Waals surface area contributed by atoms with Gasteiger partial charge in [-0.3, -0.25) is 4.79 Å². The van der Waals surface area contributed by atoms with Crippen molar-refractivity contribution in [3.05, 3.63) is 35.4 Å². The number of aromatic nitrogens is 2. The third kappa shape index (κ3) is 4.80. The second-order valence-corrected chi connectivity index (χ2v) is 8.28. The van der Waals surface area contributed by atoms with Gasteiger partial charge in [-0.15, -0.1) is 0 Å². The lowest BCUT2D eigenvalue weighted by Crippen LogP contribution is -2.37. The van der Waals surface area contributed by atoms with Crippen molar-refractivity contribution in [1.82, 2.24) is 15.3 Å². The third-order valence-corrected chi connectivity index (χ3v) is 6.25. The zero-order valence-electron chi connectivity index (χ0n) is 19.2. The third-order valence-electron chi connectivity index (χ3n) is 6.25. The average molecular weight is 440 g/mol. The smallest absolute Gasteiger partial charge is 0.231 e. The molecule has 0 bridgehead atoms. The maximum absolute atomic E-state index is 12.2. The lowest BCUT2D eigenvalue weighted by atomic mass is 9.97. The first kappa shape index (κ1) is 22.3. The van der Waals surface area contributed by atoms with E-state index in [9.17, 15) is 4.79 Å². The van der Waals surface area contributed by atoms with Crippen molar-refractivity contribution in [1.29, 1.82) is 0 Å². The van der Waals surface area contributed by atoms with Gasteiger partial charge in [0.2, 0.25) is 5.95 Å². The second-order valence-electron chi connectivity index (χ2n) is 8.28. The fourth-order valence-electron chi connectivity index (χ4n) is 4.43. The van der Waals surface area contributed by atoms with Crippen LogP contribution >= 0.6 is 0 Å². The van der Waals surface area contributed by atoms with Gasteiger partial charge in [-0.1, -0.05) is 25.8 Å². The van der Waals surface area contributed by atoms with Gasteiger partial charge in [0.25, 0.3) is 0 Å². The van der Waals surface area contributed by atoms with E-state index < -0.39 is 0 Å². The molecule has 2 N–H and O–H groups in total. The molecule has 0 amide bonds. The highest BCUT2D eigenvalue weighted by Crippen LogP contribution is 2.33. The van der Waals surface area contributed by atoms with E-state index in [4.69, 9.17) is 14.1 Å². The Morgan fingerprint density at radius 3 is 2.66 bits per heavy atom. The Labute approximate surface area is 189 Å². The van der Waals surface area contributed by atoms with Crippen LogP contribution in [0.5, 0.6) is 0 Å². The number of ketones is 1. The summed E-state index contributed by atoms with van der Waals surface area (Å²) in [7, 11) is 1.89. The maximum atomic E-state index is 12.2. The summed E-state index contributed by atoms with van der Waals surface area (Å²) in [6.07, 6.45) is 9.78. The van der Waals surface area contributed by atoms with E-state index in [1.54, 1.807) is 6.07 Å². The Balaban J connectivity index is 1.69. The van der Waals surface area contributed by atoms with Crippen molar-refractivity contribution in [3.63, 3.8) is 0 Å². The summed E-state index contributed by atoms with van der Waals surface area (Å²) in [4.78, 5) is 23.8. The summed E-state index contributed by atoms with van der Waals surface area (Å²) in [6, 6.07) is 1.72. The maximum Gasteiger partial charge on any atom is 0.231 e. The molecule has 1 saturated heterocycles. The van der Waals surface area contributed by atoms with Gasteiger partial charge >= 0.3 is 0 Å². The Kier molecular flexibility index (Phi) is 7.09. The highest BCUT2D eigenvalue weighted by molar-refractivity contribution is 5.98. The van der Waals surface area contributed by atoms with Gasteiger partial charge in [0.05, 0.1) is 13.2 Å². The molecule has 0 atom stereocenters. The summed E-state index contributed by atoms with van der Waals surface area (Å²) in [5.74, 6) is 2.88. The summed E-state index contributed by atoms with van der Waals surface area (Å²) in [5, 5.41) is 6.58. The molecule has 8 heteroatoms. The van der Waals surface area contributed by atoms with Crippen molar-refractivity contribution >= 4 is 28.6 Å². The number of allylic oxidation sites excluding steroid dienone is 3. The normalized spacial score (nSPS) is 18.4. The summed E-state index contributed by atoms with van der Waals surface area (Å²) < 4.78 is 11.4. The number of Topliss-reactive ketones (excluding diaryl/α,β-unsaturated/α-hetero) is 1. The van der Waals surface area contributed by atoms with Crippen LogP contribution in [0.4, 0.5) is 11.8 Å². The predicted molar refractivity (Wildman–Crippen MR) is 126 cm³/mol. The lowest BCUT2D eigenvalue weighted by molar-refractivity contribution is 0.0963. The summed E-state index contributed by atoms with van der Waals surface area (Å²) in [5.41, 5.74) is 2.50. The lowest BCUT2D eigenvalue weighted by Gasteiger charge is -2.28. The molecule has 8 nitrogen and oxygen atoms in total.